The van der Waals surface area contributed by atoms with E-state index >= 15 is 0 Å². The van der Waals surface area contributed by atoms with E-state index in [2.05, 4.69) is 31.4 Å². The smallest absolute Gasteiger partial charge is 0.280 e. The first-order valence-corrected chi connectivity index (χ1v) is 6.12. The highest BCUT2D eigenvalue weighted by Crippen LogP contribution is 2.22. The minimum atomic E-state index is -0.300. The lowest BCUT2D eigenvalue weighted by Gasteiger charge is -2.15. The first-order valence-electron chi connectivity index (χ1n) is 5.33. The number of benzene rings is 1. The summed E-state index contributed by atoms with van der Waals surface area (Å²) in [5.74, 6) is -0.273. The van der Waals surface area contributed by atoms with Crippen LogP contribution in [0.4, 0.5) is 10.1 Å². The molecular formula is C12H11BrFN3O. The van der Waals surface area contributed by atoms with Gasteiger partial charge in [0.2, 0.25) is 0 Å². The summed E-state index contributed by atoms with van der Waals surface area (Å²) in [6, 6.07) is 6.13. The van der Waals surface area contributed by atoms with E-state index in [1.807, 2.05) is 6.92 Å². The number of nitrogens with zero attached hydrogens (tertiary/aromatic N) is 1. The van der Waals surface area contributed by atoms with Gasteiger partial charge in [-0.3, -0.25) is 4.79 Å². The van der Waals surface area contributed by atoms with E-state index in [4.69, 9.17) is 0 Å². The summed E-state index contributed by atoms with van der Waals surface area (Å²) in [4.78, 5) is 11.3. The predicted molar refractivity (Wildman–Crippen MR) is 71.0 cm³/mol. The third kappa shape index (κ3) is 2.76. The summed E-state index contributed by atoms with van der Waals surface area (Å²) in [5, 5.41) is 9.17. The molecule has 0 amide bonds. The molecule has 0 aliphatic rings. The number of nitrogens with one attached hydrogen (secondary N) is 2. The molecule has 2 N–H and O–H groups in total. The lowest BCUT2D eigenvalue weighted by atomic mass is 10.1. The summed E-state index contributed by atoms with van der Waals surface area (Å²) in [7, 11) is 0. The maximum Gasteiger partial charge on any atom is 0.280 e. The van der Waals surface area contributed by atoms with Crippen molar-refractivity contribution < 1.29 is 4.39 Å². The Morgan fingerprint density at radius 1 is 1.39 bits per heavy atom. The van der Waals surface area contributed by atoms with E-state index < -0.39 is 0 Å². The monoisotopic (exact) mass is 311 g/mol. The van der Waals surface area contributed by atoms with Gasteiger partial charge < -0.3 is 5.32 Å². The fraction of sp³-hybridized carbons (Fsp3) is 0.167. The fourth-order valence-corrected chi connectivity index (χ4v) is 1.86. The van der Waals surface area contributed by atoms with Crippen LogP contribution in [0.15, 0.2) is 39.7 Å². The maximum absolute atomic E-state index is 12.8. The molecule has 2 aromatic rings. The SMILES string of the molecule is CC(Nc1cn[nH]c(=O)c1Br)c1ccc(F)cc1. The van der Waals surface area contributed by atoms with Crippen LogP contribution in [0.1, 0.15) is 18.5 Å². The van der Waals surface area contributed by atoms with Crippen molar-refractivity contribution >= 4 is 21.6 Å². The second kappa shape index (κ2) is 5.30. The molecule has 0 radical (unpaired) electrons. The van der Waals surface area contributed by atoms with Gasteiger partial charge in [-0.1, -0.05) is 12.1 Å². The van der Waals surface area contributed by atoms with Crippen molar-refractivity contribution in [1.29, 1.82) is 0 Å². The Bertz CT molecular complexity index is 597. The molecule has 1 atom stereocenters. The van der Waals surface area contributed by atoms with Gasteiger partial charge in [0.05, 0.1) is 11.9 Å². The van der Waals surface area contributed by atoms with Crippen molar-refractivity contribution in [2.45, 2.75) is 13.0 Å². The van der Waals surface area contributed by atoms with Gasteiger partial charge in [-0.2, -0.15) is 5.10 Å². The van der Waals surface area contributed by atoms with Crippen LogP contribution in [-0.2, 0) is 0 Å². The quantitative estimate of drug-likeness (QED) is 0.916. The second-order valence-corrected chi connectivity index (χ2v) is 4.64. The normalized spacial score (nSPS) is 12.2. The van der Waals surface area contributed by atoms with Crippen LogP contribution in [0.25, 0.3) is 0 Å². The second-order valence-electron chi connectivity index (χ2n) is 3.84. The number of aromatic nitrogens is 2. The van der Waals surface area contributed by atoms with Crippen molar-refractivity contribution in [2.75, 3.05) is 5.32 Å². The van der Waals surface area contributed by atoms with Gasteiger partial charge in [0.1, 0.15) is 10.3 Å². The first-order chi connectivity index (χ1) is 8.58. The Balaban J connectivity index is 2.21. The molecule has 2 rings (SSSR count). The summed E-state index contributed by atoms with van der Waals surface area (Å²) < 4.78 is 13.2. The van der Waals surface area contributed by atoms with Crippen LogP contribution in [0.5, 0.6) is 0 Å². The average molecular weight is 312 g/mol. The average Bonchev–Trinajstić information content (AvgIpc) is 2.36. The number of aromatic amines is 1. The zero-order chi connectivity index (χ0) is 13.1. The molecular weight excluding hydrogens is 301 g/mol. The topological polar surface area (TPSA) is 57.8 Å². The Morgan fingerprint density at radius 3 is 2.72 bits per heavy atom. The van der Waals surface area contributed by atoms with Crippen molar-refractivity contribution in [3.63, 3.8) is 0 Å². The molecule has 18 heavy (non-hydrogen) atoms. The zero-order valence-corrected chi connectivity index (χ0v) is 11.2. The maximum atomic E-state index is 12.8. The minimum absolute atomic E-state index is 0.0644. The molecule has 0 saturated heterocycles. The lowest BCUT2D eigenvalue weighted by Crippen LogP contribution is -2.14. The molecule has 0 aliphatic heterocycles. The highest BCUT2D eigenvalue weighted by Gasteiger charge is 2.09. The first kappa shape index (κ1) is 12.8. The molecule has 1 heterocycles. The molecule has 0 fully saturated rings. The van der Waals surface area contributed by atoms with Gasteiger partial charge in [-0.05, 0) is 40.5 Å². The molecule has 4 nitrogen and oxygen atoms in total. The molecule has 0 bridgehead atoms. The lowest BCUT2D eigenvalue weighted by molar-refractivity contribution is 0.626. The van der Waals surface area contributed by atoms with E-state index in [0.29, 0.717) is 10.2 Å². The van der Waals surface area contributed by atoms with Gasteiger partial charge in [-0.15, -0.1) is 0 Å². The molecule has 6 heteroatoms. The van der Waals surface area contributed by atoms with E-state index in [0.717, 1.165) is 5.56 Å². The van der Waals surface area contributed by atoms with Gasteiger partial charge in [0.15, 0.2) is 0 Å². The van der Waals surface area contributed by atoms with Crippen molar-refractivity contribution in [1.82, 2.24) is 10.2 Å². The summed E-state index contributed by atoms with van der Waals surface area (Å²) in [6.45, 7) is 1.92. The predicted octanol–water partition coefficient (Wildman–Crippen LogP) is 2.84. The highest BCUT2D eigenvalue weighted by molar-refractivity contribution is 9.10. The molecule has 94 valence electrons. The van der Waals surface area contributed by atoms with Gasteiger partial charge in [-0.25, -0.2) is 9.49 Å². The van der Waals surface area contributed by atoms with Crippen LogP contribution < -0.4 is 10.9 Å². The molecule has 1 unspecified atom stereocenters. The van der Waals surface area contributed by atoms with Crippen LogP contribution >= 0.6 is 15.9 Å². The number of rotatable bonds is 3. The Morgan fingerprint density at radius 2 is 2.06 bits per heavy atom. The molecule has 0 saturated carbocycles. The van der Waals surface area contributed by atoms with Crippen molar-refractivity contribution in [3.05, 3.63) is 56.7 Å². The Labute approximate surface area is 111 Å². The Kier molecular flexibility index (Phi) is 3.76. The van der Waals surface area contributed by atoms with E-state index in [1.165, 1.54) is 18.3 Å². The number of halogens is 2. The van der Waals surface area contributed by atoms with Crippen molar-refractivity contribution in [2.24, 2.45) is 0 Å². The van der Waals surface area contributed by atoms with E-state index in [9.17, 15) is 9.18 Å². The van der Waals surface area contributed by atoms with Gasteiger partial charge >= 0.3 is 0 Å². The van der Waals surface area contributed by atoms with E-state index in [1.54, 1.807) is 12.1 Å². The van der Waals surface area contributed by atoms with Crippen molar-refractivity contribution in [3.8, 4) is 0 Å². The Hall–Kier alpha value is -1.69. The molecule has 1 aromatic carbocycles. The van der Waals surface area contributed by atoms with E-state index in [-0.39, 0.29) is 17.4 Å². The third-order valence-electron chi connectivity index (χ3n) is 2.54. The number of hydrogen-bond acceptors (Lipinski definition) is 3. The molecule has 0 aliphatic carbocycles. The van der Waals surface area contributed by atoms with Crippen LogP contribution in [-0.4, -0.2) is 10.2 Å². The number of H-pyrrole nitrogens is 1. The third-order valence-corrected chi connectivity index (χ3v) is 3.32. The summed E-state index contributed by atoms with van der Waals surface area (Å²) in [5.41, 5.74) is 1.21. The highest BCUT2D eigenvalue weighted by atomic mass is 79.9. The number of hydrogen-bond donors (Lipinski definition) is 2. The molecule has 0 spiro atoms. The van der Waals surface area contributed by atoms with Crippen LogP contribution in [0.3, 0.4) is 0 Å². The summed E-state index contributed by atoms with van der Waals surface area (Å²) in [6.07, 6.45) is 1.52. The largest absolute Gasteiger partial charge is 0.376 e. The summed E-state index contributed by atoms with van der Waals surface area (Å²) >= 11 is 3.19. The van der Waals surface area contributed by atoms with Crippen LogP contribution in [0.2, 0.25) is 0 Å². The molecule has 1 aromatic heterocycles. The van der Waals surface area contributed by atoms with Gasteiger partial charge in [0.25, 0.3) is 5.56 Å². The fourth-order valence-electron chi connectivity index (χ4n) is 1.55. The van der Waals surface area contributed by atoms with Crippen LogP contribution in [0, 0.1) is 5.82 Å². The number of anilines is 1. The zero-order valence-electron chi connectivity index (χ0n) is 9.58. The van der Waals surface area contributed by atoms with Gasteiger partial charge in [0, 0.05) is 6.04 Å². The standard InChI is InChI=1S/C12H11BrFN3O/c1-7(8-2-4-9(14)5-3-8)16-10-6-15-17-12(18)11(10)13/h2-7H,1H3,(H2,16,17,18). The minimum Gasteiger partial charge on any atom is -0.376 e.